The van der Waals surface area contributed by atoms with Crippen LogP contribution < -0.4 is 19.1 Å². The third-order valence-electron chi connectivity index (χ3n) is 6.67. The molecule has 9 nitrogen and oxygen atoms in total. The summed E-state index contributed by atoms with van der Waals surface area (Å²) < 4.78 is 17.6. The van der Waals surface area contributed by atoms with Crippen molar-refractivity contribution in [2.24, 2.45) is 0 Å². The van der Waals surface area contributed by atoms with Gasteiger partial charge in [0.1, 0.15) is 22.6 Å². The van der Waals surface area contributed by atoms with Crippen LogP contribution in [0.5, 0.6) is 17.2 Å². The van der Waals surface area contributed by atoms with Gasteiger partial charge in [-0.05, 0) is 68.7 Å². The molecule has 1 N–H and O–H groups in total. The molecule has 1 amide bonds. The molecule has 0 unspecified atom stereocenters. The molecule has 2 aliphatic heterocycles. The number of carbonyl (C=O) groups excluding carboxylic acids is 2. The van der Waals surface area contributed by atoms with Crippen molar-refractivity contribution in [3.8, 4) is 17.2 Å². The zero-order valence-corrected chi connectivity index (χ0v) is 23.2. The minimum atomic E-state index is -0.940. The highest BCUT2D eigenvalue weighted by Gasteiger charge is 2.48. The van der Waals surface area contributed by atoms with Crippen molar-refractivity contribution in [2.45, 2.75) is 59.1 Å². The lowest BCUT2D eigenvalue weighted by Gasteiger charge is -2.23. The monoisotopic (exact) mass is 549 g/mol. The highest BCUT2D eigenvalue weighted by Crippen LogP contribution is 2.45. The molecule has 204 valence electrons. The van der Waals surface area contributed by atoms with Crippen molar-refractivity contribution >= 4 is 33.9 Å². The van der Waals surface area contributed by atoms with Gasteiger partial charge >= 0.3 is 5.91 Å². The van der Waals surface area contributed by atoms with Gasteiger partial charge in [-0.2, -0.15) is 0 Å². The van der Waals surface area contributed by atoms with Gasteiger partial charge in [0.25, 0.3) is 5.78 Å². The first-order chi connectivity index (χ1) is 18.8. The number of ketones is 1. The Hall–Kier alpha value is -3.92. The lowest BCUT2D eigenvalue weighted by atomic mass is 9.94. The van der Waals surface area contributed by atoms with Crippen molar-refractivity contribution in [3.05, 3.63) is 63.7 Å². The summed E-state index contributed by atoms with van der Waals surface area (Å²) in [4.78, 5) is 28.2. The molecule has 2 aliphatic rings. The van der Waals surface area contributed by atoms with E-state index in [0.717, 1.165) is 24.2 Å². The van der Waals surface area contributed by atoms with E-state index in [2.05, 4.69) is 17.1 Å². The number of nitrogens with zero attached hydrogens (tertiary/aromatic N) is 3. The van der Waals surface area contributed by atoms with Gasteiger partial charge in [0.15, 0.2) is 11.5 Å². The van der Waals surface area contributed by atoms with Gasteiger partial charge in [0.05, 0.1) is 24.8 Å². The second-order valence-corrected chi connectivity index (χ2v) is 10.7. The Kier molecular flexibility index (Phi) is 7.56. The number of carbonyl (C=O) groups is 2. The molecule has 10 heteroatoms. The molecule has 0 bridgehead atoms. The molecule has 1 aromatic heterocycles. The van der Waals surface area contributed by atoms with Crippen molar-refractivity contribution in [1.29, 1.82) is 0 Å². The fourth-order valence-corrected chi connectivity index (χ4v) is 5.58. The number of Topliss-reactive ketones (excluding diaryl/α,β-unsaturated/α-hetero) is 1. The number of benzene rings is 2. The van der Waals surface area contributed by atoms with E-state index >= 15 is 0 Å². The Morgan fingerprint density at radius 1 is 1.13 bits per heavy atom. The van der Waals surface area contributed by atoms with Crippen LogP contribution in [0.4, 0.5) is 5.13 Å². The lowest BCUT2D eigenvalue weighted by Crippen LogP contribution is -2.29. The Balaban J connectivity index is 1.64. The van der Waals surface area contributed by atoms with Crippen molar-refractivity contribution in [2.75, 3.05) is 18.1 Å². The predicted molar refractivity (Wildman–Crippen MR) is 148 cm³/mol. The number of hydrogen-bond acceptors (Lipinski definition) is 9. The number of anilines is 1. The molecule has 39 heavy (non-hydrogen) atoms. The zero-order valence-electron chi connectivity index (χ0n) is 22.4. The molecular weight excluding hydrogens is 518 g/mol. The van der Waals surface area contributed by atoms with Crippen LogP contribution in [0.1, 0.15) is 61.4 Å². The first-order valence-electron chi connectivity index (χ1n) is 13.1. The first kappa shape index (κ1) is 26.7. The third-order valence-corrected chi connectivity index (χ3v) is 7.51. The second kappa shape index (κ2) is 11.1. The number of aryl methyl sites for hydroxylation is 1. The third kappa shape index (κ3) is 5.08. The molecule has 0 aliphatic carbocycles. The number of hydrogen-bond donors (Lipinski definition) is 1. The summed E-state index contributed by atoms with van der Waals surface area (Å²) in [6.45, 7) is 8.65. The normalized spacial score (nSPS) is 19.7. The van der Waals surface area contributed by atoms with Crippen LogP contribution in [0.25, 0.3) is 5.76 Å². The second-order valence-electron chi connectivity index (χ2n) is 9.57. The summed E-state index contributed by atoms with van der Waals surface area (Å²) in [5.41, 5.74) is 1.92. The molecule has 3 aromatic rings. The molecule has 0 spiro atoms. The highest BCUT2D eigenvalue weighted by atomic mass is 32.1. The number of fused-ring (bicyclic) bond motifs is 1. The first-order valence-corrected chi connectivity index (χ1v) is 13.9. The van der Waals surface area contributed by atoms with Gasteiger partial charge in [-0.15, -0.1) is 10.2 Å². The molecule has 1 fully saturated rings. The van der Waals surface area contributed by atoms with Crippen LogP contribution >= 0.6 is 11.3 Å². The average molecular weight is 550 g/mol. The molecule has 5 rings (SSSR count). The zero-order chi connectivity index (χ0) is 27.7. The molecule has 1 saturated heterocycles. The van der Waals surface area contributed by atoms with E-state index in [1.54, 1.807) is 37.3 Å². The van der Waals surface area contributed by atoms with Gasteiger partial charge in [-0.3, -0.25) is 14.5 Å². The van der Waals surface area contributed by atoms with E-state index < -0.39 is 17.7 Å². The van der Waals surface area contributed by atoms with Gasteiger partial charge < -0.3 is 19.3 Å². The van der Waals surface area contributed by atoms with Gasteiger partial charge in [-0.25, -0.2) is 0 Å². The fourth-order valence-electron chi connectivity index (χ4n) is 4.86. The Morgan fingerprint density at radius 2 is 1.95 bits per heavy atom. The van der Waals surface area contributed by atoms with E-state index in [-0.39, 0.29) is 22.6 Å². The minimum absolute atomic E-state index is 0.0260. The smallest absolute Gasteiger partial charge is 0.301 e. The van der Waals surface area contributed by atoms with Crippen LogP contribution in [-0.4, -0.2) is 46.3 Å². The average Bonchev–Trinajstić information content (AvgIpc) is 3.59. The van der Waals surface area contributed by atoms with Crippen molar-refractivity contribution in [1.82, 2.24) is 10.2 Å². The summed E-state index contributed by atoms with van der Waals surface area (Å²) in [6, 6.07) is 9.66. The van der Waals surface area contributed by atoms with E-state index in [9.17, 15) is 14.7 Å². The number of aliphatic hydroxyl groups excluding tert-OH is 1. The van der Waals surface area contributed by atoms with Crippen LogP contribution in [0, 0.1) is 6.92 Å². The lowest BCUT2D eigenvalue weighted by molar-refractivity contribution is -0.132. The van der Waals surface area contributed by atoms with E-state index in [4.69, 9.17) is 14.2 Å². The standard InChI is InChI=1S/C29H31N3O6S/c1-5-7-12-37-22-11-8-18(15-23(22)36-6-2)25-24(27(34)28(35)32(25)29-31-30-17(4)39-29)26(33)19-9-10-21-20(14-19)13-16(3)38-21/h8-11,14-16,25,33H,5-7,12-13H2,1-4H3/t16-,25+/m1/s1. The molecular formula is C29H31N3O6S. The van der Waals surface area contributed by atoms with E-state index in [1.165, 1.54) is 16.2 Å². The molecule has 0 radical (unpaired) electrons. The SMILES string of the molecule is CCCCOc1ccc([C@H]2C(=C(O)c3ccc4c(c3)C[C@@H](C)O4)C(=O)C(=O)N2c2nnc(C)s2)cc1OCC. The number of unbranched alkanes of at least 4 members (excludes halogenated alkanes) is 1. The highest BCUT2D eigenvalue weighted by molar-refractivity contribution is 7.15. The number of aromatic nitrogens is 2. The predicted octanol–water partition coefficient (Wildman–Crippen LogP) is 5.37. The molecule has 2 aromatic carbocycles. The van der Waals surface area contributed by atoms with Crippen molar-refractivity contribution < 1.29 is 28.9 Å². The summed E-state index contributed by atoms with van der Waals surface area (Å²) in [5, 5.41) is 20.7. The van der Waals surface area contributed by atoms with Crippen LogP contribution in [0.2, 0.25) is 0 Å². The van der Waals surface area contributed by atoms with E-state index in [1.807, 2.05) is 19.9 Å². The maximum Gasteiger partial charge on any atom is 0.301 e. The summed E-state index contributed by atoms with van der Waals surface area (Å²) >= 11 is 1.20. The van der Waals surface area contributed by atoms with Crippen LogP contribution in [0.15, 0.2) is 42.0 Å². The van der Waals surface area contributed by atoms with Gasteiger partial charge in [-0.1, -0.05) is 30.7 Å². The van der Waals surface area contributed by atoms with Gasteiger partial charge in [0, 0.05) is 12.0 Å². The molecule has 2 atom stereocenters. The van der Waals surface area contributed by atoms with Crippen molar-refractivity contribution in [3.63, 3.8) is 0 Å². The van der Waals surface area contributed by atoms with Gasteiger partial charge in [0.2, 0.25) is 5.13 Å². The Morgan fingerprint density at radius 3 is 2.67 bits per heavy atom. The largest absolute Gasteiger partial charge is 0.507 e. The number of amides is 1. The van der Waals surface area contributed by atoms with Crippen LogP contribution in [0.3, 0.4) is 0 Å². The minimum Gasteiger partial charge on any atom is -0.507 e. The maximum atomic E-state index is 13.5. The molecule has 3 heterocycles. The van der Waals surface area contributed by atoms with E-state index in [0.29, 0.717) is 47.3 Å². The Labute approximate surface area is 231 Å². The topological polar surface area (TPSA) is 111 Å². The van der Waals surface area contributed by atoms with Crippen LogP contribution in [-0.2, 0) is 16.0 Å². The fraction of sp³-hybridized carbons (Fsp3) is 0.379. The maximum absolute atomic E-state index is 13.5. The number of aliphatic hydroxyl groups is 1. The quantitative estimate of drug-likeness (QED) is 0.164. The number of ether oxygens (including phenoxy) is 3. The summed E-state index contributed by atoms with van der Waals surface area (Å²) in [5.74, 6) is -0.0147. The summed E-state index contributed by atoms with van der Waals surface area (Å²) in [7, 11) is 0. The summed E-state index contributed by atoms with van der Waals surface area (Å²) in [6.07, 6.45) is 2.61. The number of rotatable bonds is 9. The Bertz CT molecular complexity index is 1450. The molecule has 0 saturated carbocycles.